The topological polar surface area (TPSA) is 40.0 Å². The van der Waals surface area contributed by atoms with E-state index in [1.807, 2.05) is 25.1 Å². The van der Waals surface area contributed by atoms with Crippen molar-refractivity contribution in [1.82, 2.24) is 0 Å². The molecule has 0 heterocycles. The van der Waals surface area contributed by atoms with Crippen LogP contribution in [-0.4, -0.2) is 32.6 Å². The molecule has 98 valence electrons. The SMILES string of the molecule is CC=Nc1ccc(OCCOC2CC2)c(OC)c1. The first-order chi connectivity index (χ1) is 8.83. The van der Waals surface area contributed by atoms with Crippen molar-refractivity contribution in [2.24, 2.45) is 4.99 Å². The Kier molecular flexibility index (Phi) is 4.59. The monoisotopic (exact) mass is 249 g/mol. The lowest BCUT2D eigenvalue weighted by Crippen LogP contribution is -2.08. The highest BCUT2D eigenvalue weighted by Crippen LogP contribution is 2.31. The third-order valence-electron chi connectivity index (χ3n) is 2.64. The molecule has 0 unspecified atom stereocenters. The molecule has 2 rings (SSSR count). The minimum Gasteiger partial charge on any atom is -0.493 e. The van der Waals surface area contributed by atoms with Gasteiger partial charge in [-0.2, -0.15) is 0 Å². The highest BCUT2D eigenvalue weighted by Gasteiger charge is 2.21. The lowest BCUT2D eigenvalue weighted by molar-refractivity contribution is 0.0871. The molecule has 0 aliphatic heterocycles. The van der Waals surface area contributed by atoms with E-state index in [-0.39, 0.29) is 0 Å². The van der Waals surface area contributed by atoms with Gasteiger partial charge in [0.1, 0.15) is 6.61 Å². The van der Waals surface area contributed by atoms with E-state index in [9.17, 15) is 0 Å². The fourth-order valence-electron chi connectivity index (χ4n) is 1.61. The Balaban J connectivity index is 1.89. The number of benzene rings is 1. The van der Waals surface area contributed by atoms with Crippen molar-refractivity contribution in [3.63, 3.8) is 0 Å². The molecule has 0 bridgehead atoms. The van der Waals surface area contributed by atoms with Crippen LogP contribution in [0.15, 0.2) is 23.2 Å². The zero-order chi connectivity index (χ0) is 12.8. The van der Waals surface area contributed by atoms with Crippen LogP contribution < -0.4 is 9.47 Å². The van der Waals surface area contributed by atoms with Crippen molar-refractivity contribution < 1.29 is 14.2 Å². The first-order valence-electron chi connectivity index (χ1n) is 6.24. The average Bonchev–Trinajstić information content (AvgIpc) is 3.20. The summed E-state index contributed by atoms with van der Waals surface area (Å²) in [5.74, 6) is 1.43. The maximum Gasteiger partial charge on any atom is 0.162 e. The first-order valence-corrected chi connectivity index (χ1v) is 6.24. The van der Waals surface area contributed by atoms with Crippen molar-refractivity contribution in [3.8, 4) is 11.5 Å². The van der Waals surface area contributed by atoms with Crippen LogP contribution in [0.1, 0.15) is 19.8 Å². The Morgan fingerprint density at radius 2 is 2.11 bits per heavy atom. The van der Waals surface area contributed by atoms with Crippen molar-refractivity contribution in [3.05, 3.63) is 18.2 Å². The molecule has 0 atom stereocenters. The first kappa shape index (κ1) is 12.9. The van der Waals surface area contributed by atoms with Gasteiger partial charge < -0.3 is 14.2 Å². The van der Waals surface area contributed by atoms with E-state index < -0.39 is 0 Å². The fourth-order valence-corrected chi connectivity index (χ4v) is 1.61. The van der Waals surface area contributed by atoms with Crippen LogP contribution in [-0.2, 0) is 4.74 Å². The molecule has 4 nitrogen and oxygen atoms in total. The zero-order valence-corrected chi connectivity index (χ0v) is 10.9. The normalized spacial score (nSPS) is 15.0. The summed E-state index contributed by atoms with van der Waals surface area (Å²) in [5.41, 5.74) is 0.857. The summed E-state index contributed by atoms with van der Waals surface area (Å²) in [6.45, 7) is 3.05. The van der Waals surface area contributed by atoms with Crippen molar-refractivity contribution in [2.45, 2.75) is 25.9 Å². The minimum absolute atomic E-state index is 0.469. The van der Waals surface area contributed by atoms with Gasteiger partial charge in [0.05, 0.1) is 25.5 Å². The van der Waals surface area contributed by atoms with E-state index in [1.54, 1.807) is 13.3 Å². The minimum atomic E-state index is 0.469. The van der Waals surface area contributed by atoms with Crippen LogP contribution >= 0.6 is 0 Å². The highest BCUT2D eigenvalue weighted by atomic mass is 16.5. The molecule has 0 radical (unpaired) electrons. The Morgan fingerprint density at radius 1 is 1.28 bits per heavy atom. The number of rotatable bonds is 7. The quantitative estimate of drug-likeness (QED) is 0.551. The van der Waals surface area contributed by atoms with E-state index in [0.717, 1.165) is 11.4 Å². The number of hydrogen-bond donors (Lipinski definition) is 0. The van der Waals surface area contributed by atoms with Crippen molar-refractivity contribution in [1.29, 1.82) is 0 Å². The lowest BCUT2D eigenvalue weighted by atomic mass is 10.3. The van der Waals surface area contributed by atoms with Crippen LogP contribution in [0.25, 0.3) is 0 Å². The number of methoxy groups -OCH3 is 1. The average molecular weight is 249 g/mol. The van der Waals surface area contributed by atoms with E-state index >= 15 is 0 Å². The van der Waals surface area contributed by atoms with E-state index in [4.69, 9.17) is 14.2 Å². The van der Waals surface area contributed by atoms with E-state index in [2.05, 4.69) is 4.99 Å². The number of aliphatic imine (C=N–C) groups is 1. The second-order valence-corrected chi connectivity index (χ2v) is 4.14. The number of hydrogen-bond acceptors (Lipinski definition) is 4. The fraction of sp³-hybridized carbons (Fsp3) is 0.500. The molecule has 1 fully saturated rings. The molecule has 1 aliphatic rings. The van der Waals surface area contributed by atoms with Crippen LogP contribution in [0, 0.1) is 0 Å². The van der Waals surface area contributed by atoms with Gasteiger partial charge in [0.2, 0.25) is 0 Å². The third kappa shape index (κ3) is 3.74. The highest BCUT2D eigenvalue weighted by molar-refractivity contribution is 5.62. The smallest absolute Gasteiger partial charge is 0.162 e. The van der Waals surface area contributed by atoms with E-state index in [1.165, 1.54) is 12.8 Å². The van der Waals surface area contributed by atoms with Gasteiger partial charge in [0.25, 0.3) is 0 Å². The molecule has 1 aliphatic carbocycles. The van der Waals surface area contributed by atoms with Crippen molar-refractivity contribution in [2.75, 3.05) is 20.3 Å². The lowest BCUT2D eigenvalue weighted by Gasteiger charge is -2.11. The van der Waals surface area contributed by atoms with Gasteiger partial charge in [-0.05, 0) is 31.9 Å². The molecule has 4 heteroatoms. The van der Waals surface area contributed by atoms with Gasteiger partial charge in [-0.25, -0.2) is 0 Å². The van der Waals surface area contributed by atoms with Crippen LogP contribution in [0.5, 0.6) is 11.5 Å². The Hall–Kier alpha value is -1.55. The third-order valence-corrected chi connectivity index (χ3v) is 2.64. The summed E-state index contributed by atoms with van der Waals surface area (Å²) in [6.07, 6.45) is 4.59. The maximum atomic E-state index is 5.64. The molecule has 0 N–H and O–H groups in total. The molecule has 0 spiro atoms. The second-order valence-electron chi connectivity index (χ2n) is 4.14. The molecule has 0 amide bonds. The standard InChI is InChI=1S/C14H19NO3/c1-3-15-11-4-7-13(14(10-11)16-2)18-9-8-17-12-5-6-12/h3-4,7,10,12H,5-6,8-9H2,1-2H3. The predicted octanol–water partition coefficient (Wildman–Crippen LogP) is 2.98. The molecular weight excluding hydrogens is 230 g/mol. The summed E-state index contributed by atoms with van der Waals surface area (Å²) >= 11 is 0. The second kappa shape index (κ2) is 6.40. The summed E-state index contributed by atoms with van der Waals surface area (Å²) in [6, 6.07) is 5.63. The molecule has 18 heavy (non-hydrogen) atoms. The molecule has 0 aromatic heterocycles. The molecule has 1 aromatic rings. The van der Waals surface area contributed by atoms with Crippen LogP contribution in [0.3, 0.4) is 0 Å². The maximum absolute atomic E-state index is 5.64. The molecular formula is C14H19NO3. The van der Waals surface area contributed by atoms with Gasteiger partial charge >= 0.3 is 0 Å². The van der Waals surface area contributed by atoms with E-state index in [0.29, 0.717) is 25.1 Å². The van der Waals surface area contributed by atoms with Gasteiger partial charge in [0.15, 0.2) is 11.5 Å². The number of nitrogens with zero attached hydrogens (tertiary/aromatic N) is 1. The Bertz CT molecular complexity index is 414. The summed E-state index contributed by atoms with van der Waals surface area (Å²) in [5, 5.41) is 0. The predicted molar refractivity (Wildman–Crippen MR) is 71.3 cm³/mol. The summed E-state index contributed by atoms with van der Waals surface area (Å²) in [7, 11) is 1.63. The van der Waals surface area contributed by atoms with Gasteiger partial charge in [-0.1, -0.05) is 0 Å². The Labute approximate surface area is 108 Å². The van der Waals surface area contributed by atoms with Crippen LogP contribution in [0.2, 0.25) is 0 Å². The molecule has 0 saturated heterocycles. The van der Waals surface area contributed by atoms with Gasteiger partial charge in [-0.15, -0.1) is 0 Å². The van der Waals surface area contributed by atoms with Crippen molar-refractivity contribution >= 4 is 11.9 Å². The van der Waals surface area contributed by atoms with Crippen LogP contribution in [0.4, 0.5) is 5.69 Å². The number of ether oxygens (including phenoxy) is 3. The summed E-state index contributed by atoms with van der Waals surface area (Å²) in [4.78, 5) is 4.20. The zero-order valence-electron chi connectivity index (χ0n) is 10.9. The molecule has 1 saturated carbocycles. The van der Waals surface area contributed by atoms with Gasteiger partial charge in [0, 0.05) is 12.3 Å². The largest absolute Gasteiger partial charge is 0.493 e. The van der Waals surface area contributed by atoms with Gasteiger partial charge in [-0.3, -0.25) is 4.99 Å². The summed E-state index contributed by atoms with van der Waals surface area (Å²) < 4.78 is 16.4. The molecule has 1 aromatic carbocycles. The Morgan fingerprint density at radius 3 is 2.78 bits per heavy atom.